The molecule has 0 saturated heterocycles. The van der Waals surface area contributed by atoms with Gasteiger partial charge in [-0.2, -0.15) is 0 Å². The van der Waals surface area contributed by atoms with Crippen LogP contribution in [0.3, 0.4) is 0 Å². The maximum Gasteiger partial charge on any atom is 0.222 e. The van der Waals surface area contributed by atoms with Crippen molar-refractivity contribution in [2.75, 3.05) is 13.1 Å². The minimum atomic E-state index is 0.0724. The van der Waals surface area contributed by atoms with E-state index in [1.54, 1.807) is 0 Å². The van der Waals surface area contributed by atoms with Gasteiger partial charge < -0.3 is 10.6 Å². The molecule has 0 fully saturated rings. The molecule has 0 aliphatic carbocycles. The summed E-state index contributed by atoms with van der Waals surface area (Å²) in [6.45, 7) is 11.2. The van der Waals surface area contributed by atoms with Crippen LogP contribution in [0.5, 0.6) is 0 Å². The summed E-state index contributed by atoms with van der Waals surface area (Å²) < 4.78 is 0. The van der Waals surface area contributed by atoms with Crippen LogP contribution in [0, 0.1) is 5.92 Å². The lowest BCUT2D eigenvalue weighted by atomic mass is 10.2. The third-order valence-electron chi connectivity index (χ3n) is 2.25. The molecule has 0 heterocycles. The number of nitrogens with one attached hydrogen (secondary N) is 2. The summed E-state index contributed by atoms with van der Waals surface area (Å²) >= 11 is 0. The van der Waals surface area contributed by atoms with Gasteiger partial charge in [0.2, 0.25) is 5.91 Å². The summed E-state index contributed by atoms with van der Waals surface area (Å²) in [4.78, 5) is 11.2. The molecule has 1 atom stereocenters. The van der Waals surface area contributed by atoms with Crippen LogP contribution in [0.4, 0.5) is 0 Å². The molecule has 1 unspecified atom stereocenters. The molecule has 0 aromatic rings. The predicted molar refractivity (Wildman–Crippen MR) is 64.7 cm³/mol. The molecule has 0 aromatic carbocycles. The van der Waals surface area contributed by atoms with E-state index in [0.717, 1.165) is 19.4 Å². The summed E-state index contributed by atoms with van der Waals surface area (Å²) in [5, 5.41) is 6.22. The first-order valence-electron chi connectivity index (χ1n) is 5.70. The minimum absolute atomic E-state index is 0.0724. The molecule has 0 aliphatic heterocycles. The first-order valence-corrected chi connectivity index (χ1v) is 5.70. The fourth-order valence-corrected chi connectivity index (χ4v) is 1.18. The lowest BCUT2D eigenvalue weighted by molar-refractivity contribution is -0.123. The van der Waals surface area contributed by atoms with E-state index >= 15 is 0 Å². The van der Waals surface area contributed by atoms with Crippen molar-refractivity contribution in [2.45, 2.75) is 39.7 Å². The van der Waals surface area contributed by atoms with Crippen LogP contribution < -0.4 is 10.6 Å². The lowest BCUT2D eigenvalue weighted by Gasteiger charge is -2.13. The van der Waals surface area contributed by atoms with Gasteiger partial charge in [-0.15, -0.1) is 6.58 Å². The van der Waals surface area contributed by atoms with Crippen molar-refractivity contribution in [3.8, 4) is 0 Å². The average Bonchev–Trinajstić information content (AvgIpc) is 2.20. The Morgan fingerprint density at radius 3 is 2.53 bits per heavy atom. The minimum Gasteiger partial charge on any atom is -0.355 e. The van der Waals surface area contributed by atoms with Crippen LogP contribution >= 0.6 is 0 Å². The highest BCUT2D eigenvalue weighted by Crippen LogP contribution is 1.95. The number of hydrogen-bond donors (Lipinski definition) is 2. The molecule has 1 amide bonds. The molecule has 15 heavy (non-hydrogen) atoms. The third kappa shape index (κ3) is 8.18. The molecule has 0 radical (unpaired) electrons. The molecule has 3 nitrogen and oxygen atoms in total. The fourth-order valence-electron chi connectivity index (χ4n) is 1.18. The van der Waals surface area contributed by atoms with E-state index in [0.29, 0.717) is 12.6 Å². The van der Waals surface area contributed by atoms with Crippen molar-refractivity contribution in [2.24, 2.45) is 5.92 Å². The van der Waals surface area contributed by atoms with Gasteiger partial charge in [0.1, 0.15) is 0 Å². The van der Waals surface area contributed by atoms with Crippen LogP contribution in [-0.4, -0.2) is 25.0 Å². The monoisotopic (exact) mass is 212 g/mol. The smallest absolute Gasteiger partial charge is 0.222 e. The van der Waals surface area contributed by atoms with E-state index in [1.165, 1.54) is 0 Å². The summed E-state index contributed by atoms with van der Waals surface area (Å²) in [6, 6.07) is 0.485. The van der Waals surface area contributed by atoms with Crippen molar-refractivity contribution in [3.05, 3.63) is 12.7 Å². The Bertz CT molecular complexity index is 190. The standard InChI is InChI=1S/C12H24N2O/c1-5-6-7-11(4)13-8-9-14-12(15)10(2)3/h5,10-11,13H,1,6-9H2,2-4H3,(H,14,15). The third-order valence-corrected chi connectivity index (χ3v) is 2.25. The summed E-state index contributed by atoms with van der Waals surface area (Å²) in [6.07, 6.45) is 4.06. The number of allylic oxidation sites excluding steroid dienone is 1. The molecule has 0 aliphatic rings. The zero-order valence-electron chi connectivity index (χ0n) is 10.2. The highest BCUT2D eigenvalue weighted by Gasteiger charge is 2.05. The molecule has 2 N–H and O–H groups in total. The lowest BCUT2D eigenvalue weighted by Crippen LogP contribution is -2.37. The highest BCUT2D eigenvalue weighted by molar-refractivity contribution is 5.77. The van der Waals surface area contributed by atoms with Crippen molar-refractivity contribution < 1.29 is 4.79 Å². The molecule has 3 heteroatoms. The topological polar surface area (TPSA) is 41.1 Å². The zero-order chi connectivity index (χ0) is 11.7. The van der Waals surface area contributed by atoms with E-state index in [-0.39, 0.29) is 11.8 Å². The van der Waals surface area contributed by atoms with Gasteiger partial charge in [-0.1, -0.05) is 19.9 Å². The highest BCUT2D eigenvalue weighted by atomic mass is 16.1. The first kappa shape index (κ1) is 14.2. The van der Waals surface area contributed by atoms with Gasteiger partial charge in [-0.05, 0) is 19.8 Å². The molecular formula is C12H24N2O. The zero-order valence-corrected chi connectivity index (χ0v) is 10.2. The molecule has 0 rings (SSSR count). The first-order chi connectivity index (χ1) is 7.07. The Morgan fingerprint density at radius 1 is 1.33 bits per heavy atom. The fraction of sp³-hybridized carbons (Fsp3) is 0.750. The van der Waals surface area contributed by atoms with Crippen LogP contribution in [0.15, 0.2) is 12.7 Å². The van der Waals surface area contributed by atoms with Crippen LogP contribution in [0.1, 0.15) is 33.6 Å². The van der Waals surface area contributed by atoms with Crippen LogP contribution in [-0.2, 0) is 4.79 Å². The second-order valence-corrected chi connectivity index (χ2v) is 4.17. The van der Waals surface area contributed by atoms with E-state index < -0.39 is 0 Å². The van der Waals surface area contributed by atoms with E-state index in [2.05, 4.69) is 24.1 Å². The molecule has 0 spiro atoms. The predicted octanol–water partition coefficient (Wildman–Crippen LogP) is 1.70. The number of rotatable bonds is 8. The largest absolute Gasteiger partial charge is 0.355 e. The van der Waals surface area contributed by atoms with Crippen molar-refractivity contribution in [3.63, 3.8) is 0 Å². The quantitative estimate of drug-likeness (QED) is 0.475. The Labute approximate surface area is 93.3 Å². The Balaban J connectivity index is 3.37. The second-order valence-electron chi connectivity index (χ2n) is 4.17. The normalized spacial score (nSPS) is 12.5. The van der Waals surface area contributed by atoms with Crippen molar-refractivity contribution in [1.82, 2.24) is 10.6 Å². The van der Waals surface area contributed by atoms with Gasteiger partial charge in [0, 0.05) is 25.0 Å². The molecule has 0 saturated carbocycles. The van der Waals surface area contributed by atoms with Gasteiger partial charge >= 0.3 is 0 Å². The van der Waals surface area contributed by atoms with Crippen LogP contribution in [0.2, 0.25) is 0 Å². The maximum atomic E-state index is 11.2. The van der Waals surface area contributed by atoms with Gasteiger partial charge in [-0.25, -0.2) is 0 Å². The SMILES string of the molecule is C=CCCC(C)NCCNC(=O)C(C)C. The molecule has 0 bridgehead atoms. The number of amides is 1. The maximum absolute atomic E-state index is 11.2. The van der Waals surface area contributed by atoms with Crippen molar-refractivity contribution >= 4 is 5.91 Å². The van der Waals surface area contributed by atoms with E-state index in [1.807, 2.05) is 19.9 Å². The average molecular weight is 212 g/mol. The van der Waals surface area contributed by atoms with Gasteiger partial charge in [0.15, 0.2) is 0 Å². The van der Waals surface area contributed by atoms with Gasteiger partial charge in [0.05, 0.1) is 0 Å². The number of hydrogen-bond acceptors (Lipinski definition) is 2. The van der Waals surface area contributed by atoms with Gasteiger partial charge in [0.25, 0.3) is 0 Å². The molecule has 0 aromatic heterocycles. The Kier molecular flexibility index (Phi) is 8.01. The second kappa shape index (κ2) is 8.48. The van der Waals surface area contributed by atoms with E-state index in [9.17, 15) is 4.79 Å². The van der Waals surface area contributed by atoms with Crippen LogP contribution in [0.25, 0.3) is 0 Å². The van der Waals surface area contributed by atoms with Crippen molar-refractivity contribution in [1.29, 1.82) is 0 Å². The van der Waals surface area contributed by atoms with Gasteiger partial charge in [-0.3, -0.25) is 4.79 Å². The number of carbonyl (C=O) groups is 1. The molecular weight excluding hydrogens is 188 g/mol. The van der Waals surface area contributed by atoms with E-state index in [4.69, 9.17) is 0 Å². The molecule has 88 valence electrons. The Hall–Kier alpha value is -0.830. The summed E-state index contributed by atoms with van der Waals surface area (Å²) in [7, 11) is 0. The summed E-state index contributed by atoms with van der Waals surface area (Å²) in [5.41, 5.74) is 0. The number of carbonyl (C=O) groups excluding carboxylic acids is 1. The summed E-state index contributed by atoms with van der Waals surface area (Å²) in [5.74, 6) is 0.193. The Morgan fingerprint density at radius 2 is 2.00 bits per heavy atom.